The highest BCUT2D eigenvalue weighted by Gasteiger charge is 2.73. The molecule has 1 amide bonds. The average Bonchev–Trinajstić information content (AvgIpc) is 3.59. The second-order valence-corrected chi connectivity index (χ2v) is 10.2. The summed E-state index contributed by atoms with van der Waals surface area (Å²) in [5, 5.41) is 0. The maximum absolute atomic E-state index is 14.2. The van der Waals surface area contributed by atoms with Crippen molar-refractivity contribution in [1.29, 1.82) is 0 Å². The smallest absolute Gasteiger partial charge is 0.336 e. The monoisotopic (exact) mass is 484 g/mol. The minimum Gasteiger partial charge on any atom is -0.463 e. The minimum atomic E-state index is -0.918. The number of esters is 1. The Morgan fingerprint density at radius 2 is 1.58 bits per heavy atom. The third kappa shape index (κ3) is 3.07. The summed E-state index contributed by atoms with van der Waals surface area (Å²) < 4.78 is 12.2. The van der Waals surface area contributed by atoms with Gasteiger partial charge in [0.05, 0.1) is 35.5 Å². The van der Waals surface area contributed by atoms with Crippen LogP contribution in [0.5, 0.6) is 0 Å². The molecule has 4 aliphatic rings. The maximum Gasteiger partial charge on any atom is 0.336 e. The van der Waals surface area contributed by atoms with Gasteiger partial charge in [-0.2, -0.15) is 0 Å². The van der Waals surface area contributed by atoms with Gasteiger partial charge in [0.25, 0.3) is 5.91 Å². The van der Waals surface area contributed by atoms with Crippen molar-refractivity contribution in [3.8, 4) is 0 Å². The average molecular weight is 485 g/mol. The molecule has 2 aromatic rings. The number of rotatable bonds is 5. The second-order valence-electron chi connectivity index (χ2n) is 10.2. The first kappa shape index (κ1) is 23.0. The Morgan fingerprint density at radius 1 is 0.944 bits per heavy atom. The second kappa shape index (κ2) is 8.63. The number of likely N-dealkylation sites (tertiary alicyclic amines) is 1. The van der Waals surface area contributed by atoms with Crippen molar-refractivity contribution in [2.45, 2.75) is 38.8 Å². The molecule has 6 nitrogen and oxygen atoms in total. The van der Waals surface area contributed by atoms with Crippen LogP contribution in [0.3, 0.4) is 0 Å². The fourth-order valence-corrected chi connectivity index (χ4v) is 6.80. The van der Waals surface area contributed by atoms with Gasteiger partial charge in [-0.05, 0) is 42.9 Å². The number of hydrogen-bond acceptors (Lipinski definition) is 5. The van der Waals surface area contributed by atoms with Crippen LogP contribution in [0, 0.1) is 5.41 Å². The fourth-order valence-electron chi connectivity index (χ4n) is 6.80. The third-order valence-corrected chi connectivity index (χ3v) is 8.22. The van der Waals surface area contributed by atoms with E-state index in [1.165, 1.54) is 0 Å². The normalized spacial score (nSPS) is 27.1. The van der Waals surface area contributed by atoms with Gasteiger partial charge in [0, 0.05) is 19.6 Å². The fraction of sp³-hybridized carbons (Fsp3) is 0.400. The van der Waals surface area contributed by atoms with Gasteiger partial charge in [0.2, 0.25) is 0 Å². The zero-order chi connectivity index (χ0) is 24.9. The lowest BCUT2D eigenvalue weighted by molar-refractivity contribution is -0.152. The van der Waals surface area contributed by atoms with Crippen molar-refractivity contribution in [2.75, 3.05) is 32.8 Å². The number of ether oxygens (including phenoxy) is 2. The number of nitrogens with zero attached hydrogens (tertiary/aromatic N) is 2. The van der Waals surface area contributed by atoms with Crippen LogP contribution in [-0.2, 0) is 19.1 Å². The highest BCUT2D eigenvalue weighted by molar-refractivity contribution is 6.11. The first-order valence-electron chi connectivity index (χ1n) is 13.0. The summed E-state index contributed by atoms with van der Waals surface area (Å²) in [6, 6.07) is 20.1. The van der Waals surface area contributed by atoms with E-state index in [4.69, 9.17) is 9.47 Å². The number of amides is 1. The highest BCUT2D eigenvalue weighted by Crippen LogP contribution is 2.69. The third-order valence-electron chi connectivity index (χ3n) is 8.22. The summed E-state index contributed by atoms with van der Waals surface area (Å²) in [4.78, 5) is 31.7. The molecule has 1 aliphatic carbocycles. The molecule has 2 saturated heterocycles. The lowest BCUT2D eigenvalue weighted by atomic mass is 9.51. The predicted octanol–water partition coefficient (Wildman–Crippen LogP) is 4.49. The minimum absolute atomic E-state index is 0.0581. The molecule has 0 aromatic heterocycles. The standard InChI is InChI=1S/C30H32N2O4/c1-3-35-28(34)23-20-29(2)24(21-12-6-4-7-13-21)25(27(33)31-16-10-11-17-31)30(29)32(18-19-36-30)26(23)22-14-8-5-9-15-22/h4-9,12-15H,3,10-11,16-20H2,1-2H3. The van der Waals surface area contributed by atoms with Crippen LogP contribution in [0.2, 0.25) is 0 Å². The van der Waals surface area contributed by atoms with Crippen LogP contribution in [0.15, 0.2) is 71.8 Å². The summed E-state index contributed by atoms with van der Waals surface area (Å²) in [5.74, 6) is -0.243. The summed E-state index contributed by atoms with van der Waals surface area (Å²) >= 11 is 0. The molecule has 2 unspecified atom stereocenters. The maximum atomic E-state index is 14.2. The van der Waals surface area contributed by atoms with Crippen molar-refractivity contribution in [1.82, 2.24) is 9.80 Å². The first-order chi connectivity index (χ1) is 17.5. The van der Waals surface area contributed by atoms with E-state index < -0.39 is 11.1 Å². The SMILES string of the molecule is CCOC(=O)C1=C(c2ccccc2)N2CCOC23C(C(=O)N2CCCC2)=C(c2ccccc2)C3(C)C1. The van der Waals surface area contributed by atoms with Crippen LogP contribution in [-0.4, -0.2) is 60.2 Å². The van der Waals surface area contributed by atoms with E-state index in [0.29, 0.717) is 31.8 Å². The van der Waals surface area contributed by atoms with Crippen molar-refractivity contribution < 1.29 is 19.1 Å². The van der Waals surface area contributed by atoms with Gasteiger partial charge in [0.15, 0.2) is 5.72 Å². The molecule has 6 rings (SSSR count). The number of carbonyl (C=O) groups excluding carboxylic acids is 2. The molecule has 0 radical (unpaired) electrons. The van der Waals surface area contributed by atoms with Crippen LogP contribution < -0.4 is 0 Å². The van der Waals surface area contributed by atoms with Crippen LogP contribution in [0.25, 0.3) is 11.3 Å². The van der Waals surface area contributed by atoms with E-state index in [-0.39, 0.29) is 11.9 Å². The molecular formula is C30H32N2O4. The first-order valence-corrected chi connectivity index (χ1v) is 13.0. The lowest BCUT2D eigenvalue weighted by Gasteiger charge is -2.63. The molecule has 186 valence electrons. The molecule has 1 spiro atoms. The van der Waals surface area contributed by atoms with Crippen molar-refractivity contribution >= 4 is 23.1 Å². The summed E-state index contributed by atoms with van der Waals surface area (Å²) in [6.45, 7) is 6.92. The molecule has 6 heteroatoms. The Kier molecular flexibility index (Phi) is 5.52. The van der Waals surface area contributed by atoms with Gasteiger partial charge in [-0.1, -0.05) is 67.6 Å². The van der Waals surface area contributed by atoms with Crippen LogP contribution in [0.1, 0.15) is 44.2 Å². The Balaban J connectivity index is 1.59. The lowest BCUT2D eigenvalue weighted by Crippen LogP contribution is -2.69. The van der Waals surface area contributed by atoms with Gasteiger partial charge in [-0.25, -0.2) is 4.79 Å². The molecule has 0 bridgehead atoms. The van der Waals surface area contributed by atoms with Gasteiger partial charge in [0.1, 0.15) is 0 Å². The van der Waals surface area contributed by atoms with E-state index in [0.717, 1.165) is 53.9 Å². The Bertz CT molecular complexity index is 1260. The van der Waals surface area contributed by atoms with Crippen molar-refractivity contribution in [3.63, 3.8) is 0 Å². The zero-order valence-electron chi connectivity index (χ0n) is 21.0. The zero-order valence-corrected chi connectivity index (χ0v) is 21.0. The number of benzene rings is 2. The molecule has 36 heavy (non-hydrogen) atoms. The molecule has 0 N–H and O–H groups in total. The summed E-state index contributed by atoms with van der Waals surface area (Å²) in [6.07, 6.45) is 2.49. The molecule has 0 saturated carbocycles. The number of carbonyl (C=O) groups is 2. The van der Waals surface area contributed by atoms with Crippen molar-refractivity contribution in [3.05, 3.63) is 82.9 Å². The molecule has 2 aromatic carbocycles. The summed E-state index contributed by atoms with van der Waals surface area (Å²) in [5.41, 5.74) is 3.63. The van der Waals surface area contributed by atoms with Gasteiger partial charge in [-0.15, -0.1) is 0 Å². The molecular weight excluding hydrogens is 452 g/mol. The molecule has 3 aliphatic heterocycles. The molecule has 2 fully saturated rings. The summed E-state index contributed by atoms with van der Waals surface area (Å²) in [7, 11) is 0. The Hall–Kier alpha value is -3.38. The predicted molar refractivity (Wildman–Crippen MR) is 137 cm³/mol. The van der Waals surface area contributed by atoms with E-state index in [2.05, 4.69) is 24.0 Å². The van der Waals surface area contributed by atoms with Gasteiger partial charge >= 0.3 is 5.97 Å². The number of hydrogen-bond donors (Lipinski definition) is 0. The molecule has 2 atom stereocenters. The van der Waals surface area contributed by atoms with Crippen LogP contribution >= 0.6 is 0 Å². The topological polar surface area (TPSA) is 59.1 Å². The Labute approximate surface area is 212 Å². The Morgan fingerprint density at radius 3 is 2.22 bits per heavy atom. The van der Waals surface area contributed by atoms with Crippen LogP contribution in [0.4, 0.5) is 0 Å². The van der Waals surface area contributed by atoms with E-state index in [1.54, 1.807) is 0 Å². The van der Waals surface area contributed by atoms with E-state index >= 15 is 0 Å². The van der Waals surface area contributed by atoms with E-state index in [1.807, 2.05) is 60.4 Å². The van der Waals surface area contributed by atoms with Gasteiger partial charge in [-0.3, -0.25) is 4.79 Å². The molecule has 3 heterocycles. The van der Waals surface area contributed by atoms with Crippen molar-refractivity contribution in [2.24, 2.45) is 5.41 Å². The van der Waals surface area contributed by atoms with Gasteiger partial charge < -0.3 is 19.3 Å². The largest absolute Gasteiger partial charge is 0.463 e. The quantitative estimate of drug-likeness (QED) is 0.586. The van der Waals surface area contributed by atoms with E-state index in [9.17, 15) is 9.59 Å². The highest BCUT2D eigenvalue weighted by atomic mass is 16.5.